The van der Waals surface area contributed by atoms with Crippen molar-refractivity contribution in [3.8, 4) is 0 Å². The van der Waals surface area contributed by atoms with Crippen molar-refractivity contribution in [1.82, 2.24) is 15.5 Å². The Balaban J connectivity index is 1.99. The van der Waals surface area contributed by atoms with Crippen molar-refractivity contribution in [1.29, 1.82) is 5.41 Å². The number of nitrogens with one attached hydrogen (secondary N) is 3. The number of hydrogen-bond donors (Lipinski definition) is 3. The molecule has 6 heteroatoms. The van der Waals surface area contributed by atoms with Crippen LogP contribution >= 0.6 is 0 Å². The molecule has 3 rings (SSSR count). The highest BCUT2D eigenvalue weighted by molar-refractivity contribution is 6.10. The summed E-state index contributed by atoms with van der Waals surface area (Å²) in [5, 5.41) is 13.5. The van der Waals surface area contributed by atoms with Gasteiger partial charge in [-0.2, -0.15) is 0 Å². The zero-order valence-corrected chi connectivity index (χ0v) is 14.9. The second-order valence-electron chi connectivity index (χ2n) is 6.46. The van der Waals surface area contributed by atoms with Gasteiger partial charge in [0.05, 0.1) is 0 Å². The molecule has 1 saturated heterocycles. The standard InChI is InChI=1S/C20H22N4O2/c1-14(25)24(2)12-11-15-7-6-10-17(13-15)20(16-8-4-3-5-9-16)18(26)22-19(21)23-20/h3-10,13H,11-12H2,1-2H3,(H3,21,22,23,26). The van der Waals surface area contributed by atoms with Gasteiger partial charge < -0.3 is 10.2 Å². The van der Waals surface area contributed by atoms with Gasteiger partial charge in [0.15, 0.2) is 11.5 Å². The lowest BCUT2D eigenvalue weighted by Gasteiger charge is -2.28. The predicted octanol–water partition coefficient (Wildman–Crippen LogP) is 1.61. The number of rotatable bonds is 5. The molecule has 2 amide bonds. The highest BCUT2D eigenvalue weighted by Crippen LogP contribution is 2.33. The van der Waals surface area contributed by atoms with Crippen molar-refractivity contribution < 1.29 is 9.59 Å². The molecule has 1 atom stereocenters. The van der Waals surface area contributed by atoms with E-state index in [2.05, 4.69) is 10.6 Å². The minimum atomic E-state index is -1.12. The summed E-state index contributed by atoms with van der Waals surface area (Å²) in [5.74, 6) is -0.264. The van der Waals surface area contributed by atoms with Crippen molar-refractivity contribution in [3.63, 3.8) is 0 Å². The van der Waals surface area contributed by atoms with Gasteiger partial charge in [-0.15, -0.1) is 0 Å². The predicted molar refractivity (Wildman–Crippen MR) is 99.7 cm³/mol. The fourth-order valence-electron chi connectivity index (χ4n) is 3.16. The number of amides is 2. The van der Waals surface area contributed by atoms with Crippen LogP contribution in [0.1, 0.15) is 23.6 Å². The fourth-order valence-corrected chi connectivity index (χ4v) is 3.16. The summed E-state index contributed by atoms with van der Waals surface area (Å²) in [5.41, 5.74) is 1.45. The lowest BCUT2D eigenvalue weighted by atomic mass is 9.82. The highest BCUT2D eigenvalue weighted by atomic mass is 16.2. The Labute approximate surface area is 152 Å². The van der Waals surface area contributed by atoms with Gasteiger partial charge in [0.1, 0.15) is 0 Å². The van der Waals surface area contributed by atoms with Crippen LogP contribution in [-0.4, -0.2) is 36.3 Å². The van der Waals surface area contributed by atoms with E-state index in [0.717, 1.165) is 16.7 Å². The molecular formula is C20H22N4O2. The quantitative estimate of drug-likeness (QED) is 0.766. The molecule has 0 aliphatic carbocycles. The first-order valence-corrected chi connectivity index (χ1v) is 8.48. The zero-order valence-electron chi connectivity index (χ0n) is 14.9. The minimum absolute atomic E-state index is 0.0134. The summed E-state index contributed by atoms with van der Waals surface area (Å²) in [4.78, 5) is 25.9. The summed E-state index contributed by atoms with van der Waals surface area (Å²) in [6.45, 7) is 2.14. The van der Waals surface area contributed by atoms with Crippen LogP contribution in [0.2, 0.25) is 0 Å². The first kappa shape index (κ1) is 17.7. The lowest BCUT2D eigenvalue weighted by Crippen LogP contribution is -2.45. The molecule has 1 aliphatic heterocycles. The Morgan fingerprint density at radius 1 is 1.12 bits per heavy atom. The van der Waals surface area contributed by atoms with E-state index in [0.29, 0.717) is 13.0 Å². The molecule has 0 bridgehead atoms. The second kappa shape index (κ2) is 7.00. The normalized spacial score (nSPS) is 19.0. The van der Waals surface area contributed by atoms with Gasteiger partial charge in [0.2, 0.25) is 5.91 Å². The molecule has 6 nitrogen and oxygen atoms in total. The molecule has 1 aliphatic rings. The molecule has 0 saturated carbocycles. The monoisotopic (exact) mass is 350 g/mol. The van der Waals surface area contributed by atoms with Crippen LogP contribution in [0.5, 0.6) is 0 Å². The number of hydrogen-bond acceptors (Lipinski definition) is 3. The van der Waals surface area contributed by atoms with Gasteiger partial charge in [-0.25, -0.2) is 0 Å². The summed E-state index contributed by atoms with van der Waals surface area (Å²) in [6.07, 6.45) is 0.688. The highest BCUT2D eigenvalue weighted by Gasteiger charge is 2.47. The molecule has 1 heterocycles. The van der Waals surface area contributed by atoms with E-state index >= 15 is 0 Å². The van der Waals surface area contributed by atoms with E-state index < -0.39 is 5.54 Å². The fraction of sp³-hybridized carbons (Fsp3) is 0.250. The summed E-state index contributed by atoms with van der Waals surface area (Å²) in [7, 11) is 1.77. The van der Waals surface area contributed by atoms with Crippen LogP contribution in [-0.2, 0) is 21.5 Å². The van der Waals surface area contributed by atoms with E-state index in [1.165, 1.54) is 0 Å². The van der Waals surface area contributed by atoms with Gasteiger partial charge in [-0.05, 0) is 23.1 Å². The van der Waals surface area contributed by atoms with Crippen LogP contribution in [0.25, 0.3) is 0 Å². The van der Waals surface area contributed by atoms with E-state index in [4.69, 9.17) is 5.41 Å². The van der Waals surface area contributed by atoms with Crippen molar-refractivity contribution in [2.24, 2.45) is 0 Å². The largest absolute Gasteiger partial charge is 0.346 e. The number of nitrogens with zero attached hydrogens (tertiary/aromatic N) is 1. The summed E-state index contributed by atoms with van der Waals surface area (Å²) in [6, 6.07) is 17.1. The van der Waals surface area contributed by atoms with Crippen LogP contribution in [0, 0.1) is 5.41 Å². The van der Waals surface area contributed by atoms with Crippen LogP contribution in [0.4, 0.5) is 0 Å². The van der Waals surface area contributed by atoms with Gasteiger partial charge in [0, 0.05) is 20.5 Å². The molecule has 1 unspecified atom stereocenters. The van der Waals surface area contributed by atoms with Gasteiger partial charge in [0.25, 0.3) is 5.91 Å². The molecule has 2 aromatic carbocycles. The minimum Gasteiger partial charge on any atom is -0.346 e. The average Bonchev–Trinajstić information content (AvgIpc) is 2.95. The lowest BCUT2D eigenvalue weighted by molar-refractivity contribution is -0.127. The first-order valence-electron chi connectivity index (χ1n) is 8.48. The Morgan fingerprint density at radius 3 is 2.42 bits per heavy atom. The summed E-state index contributed by atoms with van der Waals surface area (Å²) >= 11 is 0. The Hall–Kier alpha value is -3.15. The molecular weight excluding hydrogens is 328 g/mol. The number of guanidine groups is 1. The summed E-state index contributed by atoms with van der Waals surface area (Å²) < 4.78 is 0. The Morgan fingerprint density at radius 2 is 1.81 bits per heavy atom. The average molecular weight is 350 g/mol. The topological polar surface area (TPSA) is 85.3 Å². The smallest absolute Gasteiger partial charge is 0.261 e. The maximum absolute atomic E-state index is 12.8. The maximum atomic E-state index is 12.8. The molecule has 1 fully saturated rings. The molecule has 134 valence electrons. The molecule has 0 radical (unpaired) electrons. The molecule has 0 aromatic heterocycles. The Kier molecular flexibility index (Phi) is 4.75. The van der Waals surface area contributed by atoms with Gasteiger partial charge >= 0.3 is 0 Å². The number of carbonyl (C=O) groups excluding carboxylic acids is 2. The Bertz CT molecular complexity index is 850. The van der Waals surface area contributed by atoms with Gasteiger partial charge in [-0.1, -0.05) is 54.6 Å². The second-order valence-corrected chi connectivity index (χ2v) is 6.46. The number of benzene rings is 2. The number of carbonyl (C=O) groups is 2. The van der Waals surface area contributed by atoms with Crippen molar-refractivity contribution in [3.05, 3.63) is 71.3 Å². The molecule has 0 spiro atoms. The SMILES string of the molecule is CC(=O)N(C)CCc1cccc(C2(c3ccccc3)NC(=N)NC2=O)c1. The molecule has 26 heavy (non-hydrogen) atoms. The maximum Gasteiger partial charge on any atom is 0.261 e. The first-order chi connectivity index (χ1) is 12.4. The van der Waals surface area contributed by atoms with E-state index in [-0.39, 0.29) is 17.8 Å². The van der Waals surface area contributed by atoms with Crippen LogP contribution in [0.3, 0.4) is 0 Å². The van der Waals surface area contributed by atoms with Gasteiger partial charge in [-0.3, -0.25) is 20.3 Å². The van der Waals surface area contributed by atoms with Crippen molar-refractivity contribution >= 4 is 17.8 Å². The third-order valence-electron chi connectivity index (χ3n) is 4.73. The third-order valence-corrected chi connectivity index (χ3v) is 4.73. The van der Waals surface area contributed by atoms with Crippen LogP contribution < -0.4 is 10.6 Å². The molecule has 2 aromatic rings. The van der Waals surface area contributed by atoms with E-state index in [1.54, 1.807) is 18.9 Å². The molecule has 3 N–H and O–H groups in total. The van der Waals surface area contributed by atoms with Crippen molar-refractivity contribution in [2.75, 3.05) is 13.6 Å². The van der Waals surface area contributed by atoms with Crippen molar-refractivity contribution in [2.45, 2.75) is 18.9 Å². The van der Waals surface area contributed by atoms with E-state index in [1.807, 2.05) is 54.6 Å². The van der Waals surface area contributed by atoms with E-state index in [9.17, 15) is 9.59 Å². The zero-order chi connectivity index (χ0) is 18.7. The third kappa shape index (κ3) is 3.18. The number of likely N-dealkylation sites (N-methyl/N-ethyl adjacent to an activating group) is 1. The van der Waals surface area contributed by atoms with Crippen LogP contribution in [0.15, 0.2) is 54.6 Å².